The Morgan fingerprint density at radius 3 is 2.40 bits per heavy atom. The van der Waals surface area contributed by atoms with E-state index in [1.165, 1.54) is 13.0 Å². The third-order valence-corrected chi connectivity index (χ3v) is 5.87. The predicted molar refractivity (Wildman–Crippen MR) is 120 cm³/mol. The summed E-state index contributed by atoms with van der Waals surface area (Å²) in [7, 11) is 0. The molecule has 0 aliphatic carbocycles. The zero-order valence-electron chi connectivity index (χ0n) is 17.7. The number of rotatable bonds is 7. The number of nitrogens with one attached hydrogen (secondary N) is 2. The van der Waals surface area contributed by atoms with Crippen LogP contribution in [0, 0.1) is 0 Å². The molecule has 2 N–H and O–H groups in total. The quantitative estimate of drug-likeness (QED) is 0.637. The van der Waals surface area contributed by atoms with Crippen molar-refractivity contribution in [2.75, 3.05) is 19.6 Å². The van der Waals surface area contributed by atoms with Crippen LogP contribution in [0.3, 0.4) is 0 Å². The number of likely N-dealkylation sites (tertiary alicyclic amines) is 1. The molecule has 0 bridgehead atoms. The van der Waals surface area contributed by atoms with E-state index in [4.69, 9.17) is 5.10 Å². The van der Waals surface area contributed by atoms with Gasteiger partial charge in [0, 0.05) is 30.6 Å². The van der Waals surface area contributed by atoms with Gasteiger partial charge in [0.1, 0.15) is 5.69 Å². The van der Waals surface area contributed by atoms with Crippen LogP contribution in [0.4, 0.5) is 0 Å². The van der Waals surface area contributed by atoms with Crippen LogP contribution >= 0.6 is 0 Å². The second-order valence-corrected chi connectivity index (χ2v) is 8.19. The van der Waals surface area contributed by atoms with Gasteiger partial charge in [-0.05, 0) is 12.0 Å². The Morgan fingerprint density at radius 1 is 1.07 bits per heavy atom. The normalized spacial score (nSPS) is 18.8. The Kier molecular flexibility index (Phi) is 6.60. The van der Waals surface area contributed by atoms with Gasteiger partial charge < -0.3 is 10.2 Å². The first kappa shape index (κ1) is 20.4. The van der Waals surface area contributed by atoms with E-state index >= 15 is 0 Å². The van der Waals surface area contributed by atoms with Crippen LogP contribution in [0.5, 0.6) is 0 Å². The molecule has 1 saturated heterocycles. The van der Waals surface area contributed by atoms with Gasteiger partial charge in [-0.1, -0.05) is 67.6 Å². The lowest BCUT2D eigenvalue weighted by molar-refractivity contribution is -0.905. The van der Waals surface area contributed by atoms with E-state index in [2.05, 4.69) is 24.4 Å². The fourth-order valence-corrected chi connectivity index (χ4v) is 4.29. The molecule has 2 heterocycles. The van der Waals surface area contributed by atoms with Crippen molar-refractivity contribution in [1.29, 1.82) is 0 Å². The summed E-state index contributed by atoms with van der Waals surface area (Å²) in [5, 5.41) is 8.06. The van der Waals surface area contributed by atoms with Crippen LogP contribution in [0.25, 0.3) is 11.3 Å². The number of aromatic nitrogens is 2. The lowest BCUT2D eigenvalue weighted by atomic mass is 10.0. The van der Waals surface area contributed by atoms with Crippen molar-refractivity contribution in [2.24, 2.45) is 0 Å². The Balaban J connectivity index is 1.52. The zero-order valence-corrected chi connectivity index (χ0v) is 17.7. The highest BCUT2D eigenvalue weighted by molar-refractivity contribution is 6.00. The average Bonchev–Trinajstić information content (AvgIpc) is 3.20. The van der Waals surface area contributed by atoms with Gasteiger partial charge in [0.15, 0.2) is 0 Å². The molecule has 0 radical (unpaired) electrons. The molecule has 2 aromatic carbocycles. The van der Waals surface area contributed by atoms with Crippen LogP contribution in [-0.2, 0) is 6.54 Å². The maximum Gasteiger partial charge on any atom is 0.255 e. The van der Waals surface area contributed by atoms with Crippen molar-refractivity contribution < 1.29 is 9.69 Å². The second-order valence-electron chi connectivity index (χ2n) is 8.19. The molecule has 1 amide bonds. The van der Waals surface area contributed by atoms with Gasteiger partial charge in [0.05, 0.1) is 31.7 Å². The first-order valence-corrected chi connectivity index (χ1v) is 11.0. The molecule has 4 rings (SSSR count). The maximum atomic E-state index is 13.2. The molecule has 1 aliphatic heterocycles. The molecule has 0 unspecified atom stereocenters. The molecular weight excluding hydrogens is 372 g/mol. The second kappa shape index (κ2) is 9.72. The molecule has 0 atom stereocenters. The molecule has 156 valence electrons. The van der Waals surface area contributed by atoms with Crippen LogP contribution in [-0.4, -0.2) is 41.4 Å². The molecule has 5 nitrogen and oxygen atoms in total. The van der Waals surface area contributed by atoms with Gasteiger partial charge in [0.25, 0.3) is 5.91 Å². The Morgan fingerprint density at radius 2 is 1.73 bits per heavy atom. The highest BCUT2D eigenvalue weighted by Gasteiger charge is 2.25. The van der Waals surface area contributed by atoms with Gasteiger partial charge in [0.2, 0.25) is 0 Å². The molecular formula is C25H31N4O+. The van der Waals surface area contributed by atoms with E-state index < -0.39 is 0 Å². The molecule has 1 aromatic heterocycles. The average molecular weight is 404 g/mol. The highest BCUT2D eigenvalue weighted by Crippen LogP contribution is 2.23. The van der Waals surface area contributed by atoms with Gasteiger partial charge >= 0.3 is 0 Å². The van der Waals surface area contributed by atoms with Crippen molar-refractivity contribution in [3.63, 3.8) is 0 Å². The van der Waals surface area contributed by atoms with Crippen molar-refractivity contribution in [2.45, 2.75) is 38.8 Å². The minimum atomic E-state index is -0.0166. The van der Waals surface area contributed by atoms with E-state index in [1.807, 2.05) is 59.4 Å². The number of benzene rings is 2. The number of carbonyl (C=O) groups is 1. The number of quaternary nitrogens is 1. The van der Waals surface area contributed by atoms with Crippen molar-refractivity contribution in [3.8, 4) is 11.3 Å². The van der Waals surface area contributed by atoms with Gasteiger partial charge in [-0.2, -0.15) is 5.10 Å². The van der Waals surface area contributed by atoms with Gasteiger partial charge in [-0.25, -0.2) is 0 Å². The molecule has 5 heteroatoms. The lowest BCUT2D eigenvalue weighted by Crippen LogP contribution is -3.13. The molecule has 0 saturated carbocycles. The summed E-state index contributed by atoms with van der Waals surface area (Å²) in [6.45, 7) is 6.38. The number of hydrogen-bond acceptors (Lipinski definition) is 2. The predicted octanol–water partition coefficient (Wildman–Crippen LogP) is 2.79. The first-order chi connectivity index (χ1) is 14.7. The summed E-state index contributed by atoms with van der Waals surface area (Å²) in [5.74, 6) is -0.0166. The van der Waals surface area contributed by atoms with Crippen molar-refractivity contribution in [1.82, 2.24) is 15.1 Å². The lowest BCUT2D eigenvalue weighted by Gasteiger charge is -2.29. The summed E-state index contributed by atoms with van der Waals surface area (Å²) in [5.41, 5.74) is 3.54. The summed E-state index contributed by atoms with van der Waals surface area (Å²) in [4.78, 5) is 14.9. The molecule has 0 spiro atoms. The smallest absolute Gasteiger partial charge is 0.255 e. The standard InChI is InChI=1S/C25H30N4O/c1-2-15-28-16-13-22(14-17-28)26-25(30)23-19-29(18-20-9-5-3-6-10-20)27-24(23)21-11-7-4-8-12-21/h3-12,19,22H,2,13-18H2,1H3,(H,26,30)/p+1. The molecule has 3 aromatic rings. The Hall–Kier alpha value is -2.92. The summed E-state index contributed by atoms with van der Waals surface area (Å²) < 4.78 is 1.88. The van der Waals surface area contributed by atoms with E-state index in [0.717, 1.165) is 42.8 Å². The van der Waals surface area contributed by atoms with Crippen LogP contribution in [0.2, 0.25) is 0 Å². The number of amides is 1. The third kappa shape index (κ3) is 4.97. The van der Waals surface area contributed by atoms with E-state index in [1.54, 1.807) is 4.90 Å². The zero-order chi connectivity index (χ0) is 20.8. The van der Waals surface area contributed by atoms with Gasteiger partial charge in [-0.15, -0.1) is 0 Å². The Bertz CT molecular complexity index is 944. The highest BCUT2D eigenvalue weighted by atomic mass is 16.1. The summed E-state index contributed by atoms with van der Waals surface area (Å²) in [6.07, 6.45) is 5.19. The minimum Gasteiger partial charge on any atom is -0.349 e. The van der Waals surface area contributed by atoms with Crippen molar-refractivity contribution >= 4 is 5.91 Å². The minimum absolute atomic E-state index is 0.0166. The van der Waals surface area contributed by atoms with E-state index in [-0.39, 0.29) is 11.9 Å². The van der Waals surface area contributed by atoms with Crippen molar-refractivity contribution in [3.05, 3.63) is 78.0 Å². The maximum absolute atomic E-state index is 13.2. The SMILES string of the molecule is CCC[NH+]1CCC(NC(=O)c2cn(Cc3ccccc3)nc2-c2ccccc2)CC1. The fraction of sp³-hybridized carbons (Fsp3) is 0.360. The van der Waals surface area contributed by atoms with Crippen LogP contribution < -0.4 is 10.2 Å². The molecule has 30 heavy (non-hydrogen) atoms. The number of carbonyl (C=O) groups excluding carboxylic acids is 1. The van der Waals surface area contributed by atoms with E-state index in [0.29, 0.717) is 12.1 Å². The topological polar surface area (TPSA) is 51.4 Å². The third-order valence-electron chi connectivity index (χ3n) is 5.87. The van der Waals surface area contributed by atoms with E-state index in [9.17, 15) is 4.79 Å². The first-order valence-electron chi connectivity index (χ1n) is 11.0. The number of hydrogen-bond donors (Lipinski definition) is 2. The summed E-state index contributed by atoms with van der Waals surface area (Å²) in [6, 6.07) is 20.4. The van der Waals surface area contributed by atoms with Gasteiger partial charge in [-0.3, -0.25) is 9.48 Å². The van der Waals surface area contributed by atoms with Crippen LogP contribution in [0.1, 0.15) is 42.1 Å². The fourth-order valence-electron chi connectivity index (χ4n) is 4.29. The molecule has 1 aliphatic rings. The summed E-state index contributed by atoms with van der Waals surface area (Å²) >= 11 is 0. The largest absolute Gasteiger partial charge is 0.349 e. The van der Waals surface area contributed by atoms with Crippen LogP contribution in [0.15, 0.2) is 66.9 Å². The molecule has 1 fully saturated rings. The Labute approximate surface area is 178 Å². The monoisotopic (exact) mass is 403 g/mol. The number of piperidine rings is 1. The number of nitrogens with zero attached hydrogens (tertiary/aromatic N) is 2.